The number of hydrogen-bond acceptors (Lipinski definition) is 4. The molecule has 2 rings (SSSR count). The third-order valence-corrected chi connectivity index (χ3v) is 2.56. The third-order valence-electron chi connectivity index (χ3n) is 2.37. The molecule has 0 spiro atoms. The molecule has 0 saturated heterocycles. The van der Waals surface area contributed by atoms with Crippen LogP contribution in [0.15, 0.2) is 30.5 Å². The highest BCUT2D eigenvalue weighted by atomic mass is 35.5. The minimum Gasteiger partial charge on any atom is -0.478 e. The average Bonchev–Trinajstić information content (AvgIpc) is 2.37. The largest absolute Gasteiger partial charge is 0.478 e. The highest BCUT2D eigenvalue weighted by Crippen LogP contribution is 2.28. The van der Waals surface area contributed by atoms with Gasteiger partial charge in [-0.1, -0.05) is 11.6 Å². The Bertz CT molecular complexity index is 674. The monoisotopic (exact) mass is 317 g/mol. The number of aromatic carboxylic acids is 1. The van der Waals surface area contributed by atoms with Crippen LogP contribution in [-0.2, 0) is 6.18 Å². The number of carboxylic acid groups (broad SMARTS) is 1. The van der Waals surface area contributed by atoms with Gasteiger partial charge in [0, 0.05) is 0 Å². The van der Waals surface area contributed by atoms with E-state index in [2.05, 4.69) is 15.3 Å². The zero-order valence-corrected chi connectivity index (χ0v) is 10.9. The fourth-order valence-electron chi connectivity index (χ4n) is 1.47. The maximum Gasteiger partial charge on any atom is 0.433 e. The molecule has 0 aliphatic rings. The van der Waals surface area contributed by atoms with Crippen molar-refractivity contribution in [3.8, 4) is 0 Å². The summed E-state index contributed by atoms with van der Waals surface area (Å²) in [4.78, 5) is 17.9. The molecule has 0 unspecified atom stereocenters. The van der Waals surface area contributed by atoms with Crippen molar-refractivity contribution in [1.82, 2.24) is 9.97 Å². The van der Waals surface area contributed by atoms with Crippen LogP contribution in [0.25, 0.3) is 0 Å². The summed E-state index contributed by atoms with van der Waals surface area (Å²) in [6.45, 7) is 0. The summed E-state index contributed by atoms with van der Waals surface area (Å²) >= 11 is 5.67. The first kappa shape index (κ1) is 15.0. The Morgan fingerprint density at radius 2 is 2.00 bits per heavy atom. The SMILES string of the molecule is O=C(O)c1cc(Cl)nc(Nc2ccc(C(F)(F)F)nc2)c1. The summed E-state index contributed by atoms with van der Waals surface area (Å²) in [5.74, 6) is -1.12. The van der Waals surface area contributed by atoms with Crippen molar-refractivity contribution < 1.29 is 23.1 Å². The molecule has 0 aromatic carbocycles. The standard InChI is InChI=1S/C12H7ClF3N3O2/c13-9-3-6(11(20)21)4-10(19-9)18-7-1-2-8(17-5-7)12(14,15)16/h1-5H,(H,18,19)(H,20,21). The molecular formula is C12H7ClF3N3O2. The summed E-state index contributed by atoms with van der Waals surface area (Å²) in [5, 5.41) is 11.4. The van der Waals surface area contributed by atoms with Crippen LogP contribution in [0.2, 0.25) is 5.15 Å². The van der Waals surface area contributed by atoms with Gasteiger partial charge in [-0.3, -0.25) is 0 Å². The third kappa shape index (κ3) is 3.82. The highest BCUT2D eigenvalue weighted by molar-refractivity contribution is 6.29. The number of alkyl halides is 3. The van der Waals surface area contributed by atoms with E-state index in [0.717, 1.165) is 24.4 Å². The van der Waals surface area contributed by atoms with Gasteiger partial charge in [0.25, 0.3) is 0 Å². The summed E-state index contributed by atoms with van der Waals surface area (Å²) in [6.07, 6.45) is -3.56. The van der Waals surface area contributed by atoms with Crippen LogP contribution >= 0.6 is 11.6 Å². The summed E-state index contributed by atoms with van der Waals surface area (Å²) in [5.41, 5.74) is -0.912. The van der Waals surface area contributed by atoms with Crippen molar-refractivity contribution in [1.29, 1.82) is 0 Å². The molecule has 21 heavy (non-hydrogen) atoms. The Morgan fingerprint density at radius 1 is 1.29 bits per heavy atom. The van der Waals surface area contributed by atoms with Crippen LogP contribution in [0, 0.1) is 0 Å². The van der Waals surface area contributed by atoms with Gasteiger partial charge in [0.15, 0.2) is 0 Å². The quantitative estimate of drug-likeness (QED) is 0.846. The smallest absolute Gasteiger partial charge is 0.433 e. The minimum atomic E-state index is -4.52. The fraction of sp³-hybridized carbons (Fsp3) is 0.0833. The van der Waals surface area contributed by atoms with Crippen molar-refractivity contribution in [2.24, 2.45) is 0 Å². The normalized spacial score (nSPS) is 11.2. The lowest BCUT2D eigenvalue weighted by molar-refractivity contribution is -0.141. The van der Waals surface area contributed by atoms with Crippen molar-refractivity contribution >= 4 is 29.1 Å². The van der Waals surface area contributed by atoms with Crippen LogP contribution in [0.4, 0.5) is 24.7 Å². The molecule has 0 atom stereocenters. The van der Waals surface area contributed by atoms with Gasteiger partial charge in [-0.25, -0.2) is 14.8 Å². The summed E-state index contributed by atoms with van der Waals surface area (Å²) in [6, 6.07) is 4.30. The first-order valence-electron chi connectivity index (χ1n) is 5.47. The molecule has 0 aliphatic heterocycles. The zero-order chi connectivity index (χ0) is 15.6. The van der Waals surface area contributed by atoms with E-state index in [4.69, 9.17) is 16.7 Å². The topological polar surface area (TPSA) is 75.1 Å². The number of anilines is 2. The van der Waals surface area contributed by atoms with Gasteiger partial charge in [-0.15, -0.1) is 0 Å². The number of rotatable bonds is 3. The van der Waals surface area contributed by atoms with Gasteiger partial charge in [-0.05, 0) is 24.3 Å². The lowest BCUT2D eigenvalue weighted by atomic mass is 10.2. The second kappa shape index (κ2) is 5.57. The number of carbonyl (C=O) groups is 1. The minimum absolute atomic E-state index is 0.0581. The molecule has 0 bridgehead atoms. The molecule has 0 fully saturated rings. The van der Waals surface area contributed by atoms with E-state index in [-0.39, 0.29) is 22.2 Å². The summed E-state index contributed by atoms with van der Waals surface area (Å²) in [7, 11) is 0. The molecule has 5 nitrogen and oxygen atoms in total. The molecule has 0 saturated carbocycles. The van der Waals surface area contributed by atoms with Crippen LogP contribution in [0.1, 0.15) is 16.1 Å². The van der Waals surface area contributed by atoms with Gasteiger partial charge in [0.2, 0.25) is 0 Å². The molecule has 2 aromatic heterocycles. The molecule has 0 radical (unpaired) electrons. The number of carboxylic acids is 1. The number of nitrogens with zero attached hydrogens (tertiary/aromatic N) is 2. The van der Waals surface area contributed by atoms with Gasteiger partial charge in [0.1, 0.15) is 16.7 Å². The average molecular weight is 318 g/mol. The van der Waals surface area contributed by atoms with Crippen LogP contribution in [-0.4, -0.2) is 21.0 Å². The number of pyridine rings is 2. The zero-order valence-electron chi connectivity index (χ0n) is 10.1. The maximum absolute atomic E-state index is 12.4. The Kier molecular flexibility index (Phi) is 3.99. The van der Waals surface area contributed by atoms with Crippen LogP contribution in [0.5, 0.6) is 0 Å². The predicted octanol–water partition coefficient (Wildman–Crippen LogP) is 3.59. The maximum atomic E-state index is 12.4. The van der Waals surface area contributed by atoms with E-state index in [1.165, 1.54) is 6.07 Å². The van der Waals surface area contributed by atoms with E-state index in [1.807, 2.05) is 0 Å². The summed E-state index contributed by atoms with van der Waals surface area (Å²) < 4.78 is 37.1. The molecule has 9 heteroatoms. The van der Waals surface area contributed by atoms with E-state index in [1.54, 1.807) is 0 Å². The lowest BCUT2D eigenvalue weighted by Gasteiger charge is -2.09. The van der Waals surface area contributed by atoms with E-state index < -0.39 is 17.8 Å². The van der Waals surface area contributed by atoms with E-state index in [9.17, 15) is 18.0 Å². The Morgan fingerprint density at radius 3 is 2.52 bits per heavy atom. The number of nitrogens with one attached hydrogen (secondary N) is 1. The molecule has 0 amide bonds. The van der Waals surface area contributed by atoms with E-state index >= 15 is 0 Å². The van der Waals surface area contributed by atoms with Gasteiger partial charge in [-0.2, -0.15) is 13.2 Å². The van der Waals surface area contributed by atoms with Crippen LogP contribution in [0.3, 0.4) is 0 Å². The van der Waals surface area contributed by atoms with Gasteiger partial charge >= 0.3 is 12.1 Å². The van der Waals surface area contributed by atoms with Crippen molar-refractivity contribution in [2.45, 2.75) is 6.18 Å². The number of hydrogen-bond donors (Lipinski definition) is 2. The van der Waals surface area contributed by atoms with Gasteiger partial charge < -0.3 is 10.4 Å². The van der Waals surface area contributed by atoms with Crippen molar-refractivity contribution in [3.63, 3.8) is 0 Å². The Balaban J connectivity index is 2.24. The lowest BCUT2D eigenvalue weighted by Crippen LogP contribution is -2.07. The molecule has 0 aliphatic carbocycles. The molecule has 2 N–H and O–H groups in total. The van der Waals surface area contributed by atoms with Crippen molar-refractivity contribution in [3.05, 3.63) is 46.9 Å². The van der Waals surface area contributed by atoms with Crippen molar-refractivity contribution in [2.75, 3.05) is 5.32 Å². The molecule has 110 valence electrons. The molecular weight excluding hydrogens is 311 g/mol. The first-order valence-corrected chi connectivity index (χ1v) is 5.84. The second-order valence-corrected chi connectivity index (χ2v) is 4.31. The number of aromatic nitrogens is 2. The molecule has 2 heterocycles. The first-order chi connectivity index (χ1) is 9.75. The number of halogens is 4. The molecule has 2 aromatic rings. The second-order valence-electron chi connectivity index (χ2n) is 3.92. The van der Waals surface area contributed by atoms with Crippen LogP contribution < -0.4 is 5.32 Å². The fourth-order valence-corrected chi connectivity index (χ4v) is 1.68. The Labute approximate surface area is 121 Å². The highest BCUT2D eigenvalue weighted by Gasteiger charge is 2.32. The van der Waals surface area contributed by atoms with Gasteiger partial charge in [0.05, 0.1) is 17.4 Å². The predicted molar refractivity (Wildman–Crippen MR) is 68.7 cm³/mol. The Hall–Kier alpha value is -2.35. The van der Waals surface area contributed by atoms with E-state index in [0.29, 0.717) is 0 Å².